The molecule has 102 valence electrons. The standard InChI is InChI=1S/C10H8F6O2/c1-18-7-3-2-5(4-6(7)11)8(17)9(12,13)10(14,15)16/h2-4,8,17H,1H3. The average molecular weight is 274 g/mol. The lowest BCUT2D eigenvalue weighted by Gasteiger charge is -2.25. The van der Waals surface area contributed by atoms with Crippen molar-refractivity contribution in [1.29, 1.82) is 0 Å². The molecule has 0 aliphatic heterocycles. The van der Waals surface area contributed by atoms with E-state index in [0.29, 0.717) is 6.07 Å². The van der Waals surface area contributed by atoms with Crippen LogP contribution in [0, 0.1) is 5.82 Å². The molecule has 0 spiro atoms. The maximum absolute atomic E-state index is 13.1. The predicted molar refractivity (Wildman–Crippen MR) is 48.9 cm³/mol. The van der Waals surface area contributed by atoms with Crippen molar-refractivity contribution in [2.45, 2.75) is 18.2 Å². The first-order valence-corrected chi connectivity index (χ1v) is 4.57. The zero-order chi connectivity index (χ0) is 14.1. The monoisotopic (exact) mass is 274 g/mol. The molecule has 0 bridgehead atoms. The second kappa shape index (κ2) is 4.68. The van der Waals surface area contributed by atoms with E-state index in [1.165, 1.54) is 0 Å². The molecular formula is C10H8F6O2. The number of benzene rings is 1. The van der Waals surface area contributed by atoms with Gasteiger partial charge in [-0.15, -0.1) is 0 Å². The number of rotatable bonds is 3. The van der Waals surface area contributed by atoms with Crippen LogP contribution in [-0.4, -0.2) is 24.3 Å². The quantitative estimate of drug-likeness (QED) is 0.858. The maximum Gasteiger partial charge on any atom is 0.456 e. The van der Waals surface area contributed by atoms with Crippen LogP contribution in [0.1, 0.15) is 11.7 Å². The molecule has 1 N–H and O–H groups in total. The normalized spacial score (nSPS) is 14.4. The highest BCUT2D eigenvalue weighted by molar-refractivity contribution is 5.31. The minimum Gasteiger partial charge on any atom is -0.494 e. The van der Waals surface area contributed by atoms with Gasteiger partial charge < -0.3 is 9.84 Å². The van der Waals surface area contributed by atoms with Crippen molar-refractivity contribution in [2.75, 3.05) is 7.11 Å². The largest absolute Gasteiger partial charge is 0.494 e. The molecule has 1 unspecified atom stereocenters. The van der Waals surface area contributed by atoms with Gasteiger partial charge in [-0.05, 0) is 17.7 Å². The highest BCUT2D eigenvalue weighted by atomic mass is 19.4. The molecule has 0 heterocycles. The molecule has 18 heavy (non-hydrogen) atoms. The summed E-state index contributed by atoms with van der Waals surface area (Å²) in [4.78, 5) is 0. The van der Waals surface area contributed by atoms with Crippen molar-refractivity contribution in [3.8, 4) is 5.75 Å². The van der Waals surface area contributed by atoms with Crippen molar-refractivity contribution in [3.63, 3.8) is 0 Å². The molecule has 0 aromatic heterocycles. The van der Waals surface area contributed by atoms with Gasteiger partial charge in [0, 0.05) is 0 Å². The van der Waals surface area contributed by atoms with Crippen molar-refractivity contribution in [1.82, 2.24) is 0 Å². The van der Waals surface area contributed by atoms with E-state index in [4.69, 9.17) is 5.11 Å². The maximum atomic E-state index is 13.1. The van der Waals surface area contributed by atoms with Gasteiger partial charge in [0.2, 0.25) is 0 Å². The number of alkyl halides is 5. The van der Waals surface area contributed by atoms with Crippen LogP contribution in [0.3, 0.4) is 0 Å². The molecular weight excluding hydrogens is 266 g/mol. The summed E-state index contributed by atoms with van der Waals surface area (Å²) >= 11 is 0. The Morgan fingerprint density at radius 2 is 1.72 bits per heavy atom. The third-order valence-electron chi connectivity index (χ3n) is 2.21. The molecule has 1 rings (SSSR count). The van der Waals surface area contributed by atoms with Crippen LogP contribution in [0.5, 0.6) is 5.75 Å². The highest BCUT2D eigenvalue weighted by Crippen LogP contribution is 2.44. The number of aliphatic hydroxyl groups is 1. The first kappa shape index (κ1) is 14.6. The summed E-state index contributed by atoms with van der Waals surface area (Å²) < 4.78 is 79.2. The predicted octanol–water partition coefficient (Wildman–Crippen LogP) is 3.07. The lowest BCUT2D eigenvalue weighted by molar-refractivity contribution is -0.315. The summed E-state index contributed by atoms with van der Waals surface area (Å²) in [5, 5.41) is 8.99. The van der Waals surface area contributed by atoms with Gasteiger partial charge in [-0.25, -0.2) is 4.39 Å². The fourth-order valence-corrected chi connectivity index (χ4v) is 1.22. The Hall–Kier alpha value is -1.44. The smallest absolute Gasteiger partial charge is 0.456 e. The topological polar surface area (TPSA) is 29.5 Å². The van der Waals surface area contributed by atoms with E-state index in [9.17, 15) is 26.3 Å². The van der Waals surface area contributed by atoms with Gasteiger partial charge in [-0.2, -0.15) is 22.0 Å². The van der Waals surface area contributed by atoms with Gasteiger partial charge in [0.05, 0.1) is 7.11 Å². The molecule has 0 fully saturated rings. The van der Waals surface area contributed by atoms with Crippen molar-refractivity contribution in [2.24, 2.45) is 0 Å². The molecule has 1 aromatic rings. The molecule has 8 heteroatoms. The van der Waals surface area contributed by atoms with Gasteiger partial charge in [0.25, 0.3) is 0 Å². The Kier molecular flexibility index (Phi) is 3.80. The van der Waals surface area contributed by atoms with Crippen molar-refractivity contribution in [3.05, 3.63) is 29.6 Å². The van der Waals surface area contributed by atoms with E-state index >= 15 is 0 Å². The number of aliphatic hydroxyl groups excluding tert-OH is 1. The molecule has 0 aliphatic rings. The Bertz CT molecular complexity index is 429. The average Bonchev–Trinajstić information content (AvgIpc) is 2.26. The number of ether oxygens (including phenoxy) is 1. The van der Waals surface area contributed by atoms with Gasteiger partial charge in [0.15, 0.2) is 17.7 Å². The lowest BCUT2D eigenvalue weighted by Crippen LogP contribution is -2.42. The van der Waals surface area contributed by atoms with Crippen LogP contribution in [0.15, 0.2) is 18.2 Å². The molecule has 0 saturated carbocycles. The summed E-state index contributed by atoms with van der Waals surface area (Å²) in [5.41, 5.74) is -0.893. The number of methoxy groups -OCH3 is 1. The summed E-state index contributed by atoms with van der Waals surface area (Å²) in [6.07, 6.45) is -9.11. The first-order chi connectivity index (χ1) is 8.11. The summed E-state index contributed by atoms with van der Waals surface area (Å²) in [5.74, 6) is -6.85. The van der Waals surface area contributed by atoms with Crippen LogP contribution < -0.4 is 4.74 Å². The first-order valence-electron chi connectivity index (χ1n) is 4.57. The number of hydrogen-bond donors (Lipinski definition) is 1. The Morgan fingerprint density at radius 1 is 1.17 bits per heavy atom. The van der Waals surface area contributed by atoms with E-state index in [1.54, 1.807) is 0 Å². The number of hydrogen-bond acceptors (Lipinski definition) is 2. The second-order valence-electron chi connectivity index (χ2n) is 3.42. The van der Waals surface area contributed by atoms with Crippen LogP contribution in [0.4, 0.5) is 26.3 Å². The molecule has 0 radical (unpaired) electrons. The zero-order valence-electron chi connectivity index (χ0n) is 8.93. The van der Waals surface area contributed by atoms with E-state index in [0.717, 1.165) is 19.2 Å². The van der Waals surface area contributed by atoms with Crippen LogP contribution in [-0.2, 0) is 0 Å². The molecule has 0 aliphatic carbocycles. The second-order valence-corrected chi connectivity index (χ2v) is 3.42. The fraction of sp³-hybridized carbons (Fsp3) is 0.400. The summed E-state index contributed by atoms with van der Waals surface area (Å²) in [7, 11) is 1.10. The Balaban J connectivity index is 3.12. The van der Waals surface area contributed by atoms with E-state index in [-0.39, 0.29) is 5.75 Å². The van der Waals surface area contributed by atoms with Gasteiger partial charge in [-0.3, -0.25) is 0 Å². The lowest BCUT2D eigenvalue weighted by atomic mass is 10.0. The van der Waals surface area contributed by atoms with E-state index in [2.05, 4.69) is 4.74 Å². The Morgan fingerprint density at radius 3 is 2.11 bits per heavy atom. The van der Waals surface area contributed by atoms with E-state index < -0.39 is 29.6 Å². The van der Waals surface area contributed by atoms with Crippen molar-refractivity contribution >= 4 is 0 Å². The Labute approximate surface area is 97.8 Å². The van der Waals surface area contributed by atoms with Crippen LogP contribution in [0.2, 0.25) is 0 Å². The third kappa shape index (κ3) is 2.53. The van der Waals surface area contributed by atoms with Crippen LogP contribution >= 0.6 is 0 Å². The van der Waals surface area contributed by atoms with Crippen LogP contribution in [0.25, 0.3) is 0 Å². The van der Waals surface area contributed by atoms with E-state index in [1.807, 2.05) is 0 Å². The van der Waals surface area contributed by atoms with Crippen molar-refractivity contribution < 1.29 is 36.2 Å². The minimum absolute atomic E-state index is 0.332. The summed E-state index contributed by atoms with van der Waals surface area (Å²) in [6, 6.07) is 1.94. The fourth-order valence-electron chi connectivity index (χ4n) is 1.22. The SMILES string of the molecule is COc1ccc(C(O)C(F)(F)C(F)(F)F)cc1F. The van der Waals surface area contributed by atoms with Gasteiger partial charge in [-0.1, -0.05) is 6.07 Å². The molecule has 0 amide bonds. The van der Waals surface area contributed by atoms with Gasteiger partial charge in [0.1, 0.15) is 0 Å². The van der Waals surface area contributed by atoms with Gasteiger partial charge >= 0.3 is 12.1 Å². The highest BCUT2D eigenvalue weighted by Gasteiger charge is 2.62. The molecule has 0 saturated heterocycles. The third-order valence-corrected chi connectivity index (χ3v) is 2.21. The molecule has 2 nitrogen and oxygen atoms in total. The summed E-state index contributed by atoms with van der Waals surface area (Å²) in [6.45, 7) is 0. The zero-order valence-corrected chi connectivity index (χ0v) is 8.93. The molecule has 1 atom stereocenters. The minimum atomic E-state index is -5.93. The number of halogens is 6. The molecule has 1 aromatic carbocycles.